The van der Waals surface area contributed by atoms with Crippen molar-refractivity contribution in [3.8, 4) is 0 Å². The summed E-state index contributed by atoms with van der Waals surface area (Å²) >= 11 is -2.55. The first-order valence-corrected chi connectivity index (χ1v) is 5.82. The maximum Gasteiger partial charge on any atom is 0.225 e. The first-order valence-electron chi connectivity index (χ1n) is 4.65. The van der Waals surface area contributed by atoms with E-state index in [1.54, 1.807) is 0 Å². The van der Waals surface area contributed by atoms with Crippen LogP contribution in [-0.4, -0.2) is 8.76 Å². The predicted octanol–water partition coefficient (Wildman–Crippen LogP) is 2.50. The van der Waals surface area contributed by atoms with E-state index < -0.39 is 16.6 Å². The topological polar surface area (TPSA) is 37.3 Å². The Kier molecular flexibility index (Phi) is 2.84. The predicted molar refractivity (Wildman–Crippen MR) is 53.0 cm³/mol. The van der Waals surface area contributed by atoms with Crippen LogP contribution in [-0.2, 0) is 23.9 Å². The van der Waals surface area contributed by atoms with Gasteiger partial charge in [-0.25, -0.2) is 13.0 Å². The fourth-order valence-electron chi connectivity index (χ4n) is 2.01. The summed E-state index contributed by atoms with van der Waals surface area (Å²) in [6, 6.07) is 2.43. The van der Waals surface area contributed by atoms with Crippen LogP contribution in [0.15, 0.2) is 12.1 Å². The van der Waals surface area contributed by atoms with Crippen molar-refractivity contribution in [3.05, 3.63) is 34.6 Å². The third kappa shape index (κ3) is 1.81. The molecule has 2 atom stereocenters. The van der Waals surface area contributed by atoms with Gasteiger partial charge in [0.15, 0.2) is 11.1 Å². The van der Waals surface area contributed by atoms with E-state index in [1.807, 2.05) is 0 Å². The highest BCUT2D eigenvalue weighted by molar-refractivity contribution is 7.79. The van der Waals surface area contributed by atoms with Crippen LogP contribution in [0.3, 0.4) is 0 Å². The molecule has 2 rings (SSSR count). The van der Waals surface area contributed by atoms with Crippen LogP contribution in [0.5, 0.6) is 0 Å². The van der Waals surface area contributed by atoms with E-state index in [2.05, 4.69) is 0 Å². The monoisotopic (exact) mass is 232 g/mol. The minimum absolute atomic E-state index is 0.157. The van der Waals surface area contributed by atoms with Gasteiger partial charge in [-0.05, 0) is 36.5 Å². The van der Waals surface area contributed by atoms with Crippen molar-refractivity contribution in [3.63, 3.8) is 0 Å². The van der Waals surface area contributed by atoms with Crippen LogP contribution in [0.25, 0.3) is 0 Å². The first-order chi connectivity index (χ1) is 7.11. The number of hydrogen-bond donors (Lipinski definition) is 1. The normalized spacial score (nSPS) is 18.6. The molecule has 0 bridgehead atoms. The first kappa shape index (κ1) is 10.7. The van der Waals surface area contributed by atoms with Gasteiger partial charge in [0, 0.05) is 5.56 Å². The average molecular weight is 232 g/mol. The van der Waals surface area contributed by atoms with Gasteiger partial charge in [-0.3, -0.25) is 0 Å². The van der Waals surface area contributed by atoms with Gasteiger partial charge in [-0.2, -0.15) is 0 Å². The van der Waals surface area contributed by atoms with Crippen molar-refractivity contribution < 1.29 is 17.5 Å². The lowest BCUT2D eigenvalue weighted by Gasteiger charge is -2.10. The van der Waals surface area contributed by atoms with Crippen LogP contribution >= 0.6 is 0 Å². The van der Waals surface area contributed by atoms with Gasteiger partial charge in [-0.1, -0.05) is 6.07 Å². The fraction of sp³-hybridized carbons (Fsp3) is 0.400. The fourth-order valence-corrected chi connectivity index (χ4v) is 2.45. The van der Waals surface area contributed by atoms with Crippen LogP contribution in [0.1, 0.15) is 28.6 Å². The van der Waals surface area contributed by atoms with Crippen LogP contribution in [0.4, 0.5) is 8.78 Å². The lowest BCUT2D eigenvalue weighted by atomic mass is 10.0. The van der Waals surface area contributed by atoms with E-state index in [1.165, 1.54) is 12.1 Å². The second-order valence-electron chi connectivity index (χ2n) is 3.54. The molecule has 15 heavy (non-hydrogen) atoms. The van der Waals surface area contributed by atoms with Gasteiger partial charge < -0.3 is 4.55 Å². The molecule has 0 aliphatic heterocycles. The molecule has 5 heteroatoms. The number of fused-ring (bicyclic) bond motifs is 1. The molecule has 1 aromatic carbocycles. The van der Waals surface area contributed by atoms with E-state index in [9.17, 15) is 13.0 Å². The van der Waals surface area contributed by atoms with Crippen molar-refractivity contribution in [1.29, 1.82) is 0 Å². The lowest BCUT2D eigenvalue weighted by molar-refractivity contribution is 0.417. The Morgan fingerprint density at radius 1 is 1.33 bits per heavy atom. The van der Waals surface area contributed by atoms with Gasteiger partial charge in [0.25, 0.3) is 0 Å². The average Bonchev–Trinajstić information content (AvgIpc) is 2.66. The molecule has 1 aliphatic carbocycles. The Balaban J connectivity index is 2.50. The van der Waals surface area contributed by atoms with Crippen LogP contribution in [0.2, 0.25) is 0 Å². The molecule has 1 aliphatic rings. The molecule has 2 unspecified atom stereocenters. The molecule has 0 spiro atoms. The third-order valence-corrected chi connectivity index (χ3v) is 3.29. The highest BCUT2D eigenvalue weighted by Gasteiger charge is 2.25. The molecule has 0 fully saturated rings. The number of benzene rings is 1. The standard InChI is InChI=1S/C10H10F2O2S/c11-9-5-4-8(10(12)15(13)14)6-2-1-3-7(6)9/h4-5,10H,1-3H2,(H,13,14). The van der Waals surface area contributed by atoms with E-state index in [4.69, 9.17) is 4.55 Å². The Labute approximate surface area is 88.6 Å². The summed E-state index contributed by atoms with van der Waals surface area (Å²) in [4.78, 5) is 0. The second kappa shape index (κ2) is 3.98. The SMILES string of the molecule is O=S(O)C(F)c1ccc(F)c2c1CCC2. The van der Waals surface area contributed by atoms with Gasteiger partial charge >= 0.3 is 0 Å². The summed E-state index contributed by atoms with van der Waals surface area (Å²) < 4.78 is 46.0. The molecule has 1 N–H and O–H groups in total. The zero-order valence-electron chi connectivity index (χ0n) is 7.87. The van der Waals surface area contributed by atoms with Crippen molar-refractivity contribution in [2.45, 2.75) is 24.8 Å². The molecular formula is C10H10F2O2S. The third-order valence-electron chi connectivity index (χ3n) is 2.69. The molecule has 1 aromatic rings. The van der Waals surface area contributed by atoms with E-state index >= 15 is 0 Å². The minimum Gasteiger partial charge on any atom is -0.304 e. The van der Waals surface area contributed by atoms with Crippen molar-refractivity contribution >= 4 is 11.1 Å². The summed E-state index contributed by atoms with van der Waals surface area (Å²) in [5.74, 6) is -0.345. The molecule has 0 saturated carbocycles. The number of rotatable bonds is 2. The smallest absolute Gasteiger partial charge is 0.225 e. The molecule has 82 valence electrons. The van der Waals surface area contributed by atoms with Crippen LogP contribution in [0, 0.1) is 5.82 Å². The quantitative estimate of drug-likeness (QED) is 0.795. The van der Waals surface area contributed by atoms with Crippen molar-refractivity contribution in [1.82, 2.24) is 0 Å². The Bertz CT molecular complexity index is 420. The summed E-state index contributed by atoms with van der Waals surface area (Å²) in [7, 11) is 0. The lowest BCUT2D eigenvalue weighted by Crippen LogP contribution is -2.04. The van der Waals surface area contributed by atoms with E-state index in [0.717, 1.165) is 6.42 Å². The molecule has 0 saturated heterocycles. The second-order valence-corrected chi connectivity index (χ2v) is 4.51. The maximum absolute atomic E-state index is 13.4. The minimum atomic E-state index is -2.55. The van der Waals surface area contributed by atoms with Crippen LogP contribution < -0.4 is 0 Å². The van der Waals surface area contributed by atoms with Gasteiger partial charge in [0.1, 0.15) is 5.82 Å². The van der Waals surface area contributed by atoms with Gasteiger partial charge in [0.2, 0.25) is 5.50 Å². The summed E-state index contributed by atoms with van der Waals surface area (Å²) in [6.45, 7) is 0. The summed E-state index contributed by atoms with van der Waals surface area (Å²) in [5.41, 5.74) is -0.701. The molecule has 2 nitrogen and oxygen atoms in total. The molecule has 0 amide bonds. The van der Waals surface area contributed by atoms with E-state index in [0.29, 0.717) is 24.0 Å². The largest absolute Gasteiger partial charge is 0.304 e. The van der Waals surface area contributed by atoms with Gasteiger partial charge in [-0.15, -0.1) is 0 Å². The summed E-state index contributed by atoms with van der Waals surface area (Å²) in [6.07, 6.45) is 1.94. The molecule has 0 aromatic heterocycles. The molecular weight excluding hydrogens is 222 g/mol. The molecule has 0 heterocycles. The number of halogens is 2. The Hall–Kier alpha value is -0.810. The molecule has 0 radical (unpaired) electrons. The highest BCUT2D eigenvalue weighted by atomic mass is 32.2. The van der Waals surface area contributed by atoms with Crippen molar-refractivity contribution in [2.75, 3.05) is 0 Å². The van der Waals surface area contributed by atoms with Crippen molar-refractivity contribution in [2.24, 2.45) is 0 Å². The Morgan fingerprint density at radius 2 is 2.00 bits per heavy atom. The number of hydrogen-bond acceptors (Lipinski definition) is 1. The van der Waals surface area contributed by atoms with E-state index in [-0.39, 0.29) is 11.4 Å². The van der Waals surface area contributed by atoms with Gasteiger partial charge in [0.05, 0.1) is 0 Å². The maximum atomic E-state index is 13.4. The summed E-state index contributed by atoms with van der Waals surface area (Å²) in [5, 5.41) is 0. The highest BCUT2D eigenvalue weighted by Crippen LogP contribution is 2.33. The Morgan fingerprint density at radius 3 is 2.67 bits per heavy atom. The zero-order valence-corrected chi connectivity index (χ0v) is 8.69. The zero-order chi connectivity index (χ0) is 11.0. The number of alkyl halides is 1.